The van der Waals surface area contributed by atoms with E-state index >= 15 is 0 Å². The molecule has 1 atom stereocenters. The van der Waals surface area contributed by atoms with Crippen LogP contribution in [0.4, 0.5) is 10.5 Å². The molecule has 0 saturated heterocycles. The number of imide groups is 1. The summed E-state index contributed by atoms with van der Waals surface area (Å²) in [5.74, 6) is -1.46. The van der Waals surface area contributed by atoms with Crippen LogP contribution in [0.5, 0.6) is 0 Å². The topological polar surface area (TPSA) is 111 Å². The van der Waals surface area contributed by atoms with E-state index in [-0.39, 0.29) is 17.3 Å². The Morgan fingerprint density at radius 2 is 2.05 bits per heavy atom. The van der Waals surface area contributed by atoms with Crippen molar-refractivity contribution in [2.75, 3.05) is 12.3 Å². The fourth-order valence-corrected chi connectivity index (χ4v) is 1.80. The number of amides is 3. The van der Waals surface area contributed by atoms with Crippen LogP contribution in [-0.2, 0) is 9.53 Å². The second-order valence-electron chi connectivity index (χ2n) is 4.64. The van der Waals surface area contributed by atoms with Gasteiger partial charge in [0.1, 0.15) is 0 Å². The molecule has 1 aromatic rings. The molecule has 0 aliphatic rings. The van der Waals surface area contributed by atoms with Gasteiger partial charge in [-0.3, -0.25) is 10.1 Å². The van der Waals surface area contributed by atoms with E-state index in [1.165, 1.54) is 6.07 Å². The molecule has 0 fully saturated rings. The van der Waals surface area contributed by atoms with E-state index in [1.54, 1.807) is 19.1 Å². The molecule has 8 heteroatoms. The molecule has 0 radical (unpaired) electrons. The molecule has 0 unspecified atom stereocenters. The Bertz CT molecular complexity index is 577. The van der Waals surface area contributed by atoms with Gasteiger partial charge < -0.3 is 15.8 Å². The van der Waals surface area contributed by atoms with Crippen LogP contribution in [0.3, 0.4) is 0 Å². The lowest BCUT2D eigenvalue weighted by Gasteiger charge is -2.12. The SMILES string of the molecule is CC[C@@H](C)NC(=O)NC(=O)COC(=O)c1cc(Br)ccc1N. The standard InChI is InChI=1S/C14H18BrN3O4/c1-3-8(2)17-14(21)18-12(19)7-22-13(20)10-6-9(15)4-5-11(10)16/h4-6,8H,3,7,16H2,1-2H3,(H2,17,18,19,21)/t8-/m1/s1. The third-order valence-electron chi connectivity index (χ3n) is 2.81. The highest BCUT2D eigenvalue weighted by Gasteiger charge is 2.15. The Morgan fingerprint density at radius 3 is 2.68 bits per heavy atom. The zero-order valence-corrected chi connectivity index (χ0v) is 13.9. The number of rotatable bonds is 5. The average Bonchev–Trinajstić information content (AvgIpc) is 2.46. The molecule has 0 aliphatic heterocycles. The Hall–Kier alpha value is -2.09. The maximum Gasteiger partial charge on any atom is 0.340 e. The molecule has 22 heavy (non-hydrogen) atoms. The zero-order valence-electron chi connectivity index (χ0n) is 12.3. The number of anilines is 1. The Kier molecular flexibility index (Phi) is 6.84. The van der Waals surface area contributed by atoms with Crippen molar-refractivity contribution in [3.8, 4) is 0 Å². The monoisotopic (exact) mass is 371 g/mol. The number of esters is 1. The minimum absolute atomic E-state index is 0.0585. The number of benzene rings is 1. The maximum absolute atomic E-state index is 11.8. The number of carbonyl (C=O) groups is 3. The molecule has 0 heterocycles. The van der Waals surface area contributed by atoms with Crippen molar-refractivity contribution >= 4 is 39.5 Å². The van der Waals surface area contributed by atoms with Crippen LogP contribution in [-0.4, -0.2) is 30.6 Å². The summed E-state index contributed by atoms with van der Waals surface area (Å²) < 4.78 is 5.48. The van der Waals surface area contributed by atoms with E-state index in [0.717, 1.165) is 6.42 Å². The third-order valence-corrected chi connectivity index (χ3v) is 3.31. The summed E-state index contributed by atoms with van der Waals surface area (Å²) in [4.78, 5) is 34.8. The van der Waals surface area contributed by atoms with Crippen molar-refractivity contribution in [2.45, 2.75) is 26.3 Å². The molecular weight excluding hydrogens is 354 g/mol. The minimum atomic E-state index is -0.740. The van der Waals surface area contributed by atoms with Crippen molar-refractivity contribution in [3.05, 3.63) is 28.2 Å². The van der Waals surface area contributed by atoms with E-state index in [4.69, 9.17) is 10.5 Å². The predicted molar refractivity (Wildman–Crippen MR) is 85.3 cm³/mol. The normalized spacial score (nSPS) is 11.4. The van der Waals surface area contributed by atoms with Crippen molar-refractivity contribution in [1.82, 2.24) is 10.6 Å². The van der Waals surface area contributed by atoms with Crippen molar-refractivity contribution in [3.63, 3.8) is 0 Å². The maximum atomic E-state index is 11.8. The third kappa shape index (κ3) is 5.72. The van der Waals surface area contributed by atoms with Gasteiger partial charge in [0.25, 0.3) is 5.91 Å². The van der Waals surface area contributed by atoms with Crippen LogP contribution in [0.25, 0.3) is 0 Å². The number of halogens is 1. The van der Waals surface area contributed by atoms with Crippen molar-refractivity contribution in [2.24, 2.45) is 0 Å². The van der Waals surface area contributed by atoms with Crippen LogP contribution < -0.4 is 16.4 Å². The van der Waals surface area contributed by atoms with E-state index in [1.807, 2.05) is 6.92 Å². The van der Waals surface area contributed by atoms with Crippen LogP contribution in [0, 0.1) is 0 Å². The van der Waals surface area contributed by atoms with Gasteiger partial charge in [-0.05, 0) is 31.5 Å². The van der Waals surface area contributed by atoms with Crippen LogP contribution in [0.2, 0.25) is 0 Å². The summed E-state index contributed by atoms with van der Waals surface area (Å²) in [5, 5.41) is 4.63. The Balaban J connectivity index is 2.48. The highest BCUT2D eigenvalue weighted by atomic mass is 79.9. The molecule has 0 bridgehead atoms. The minimum Gasteiger partial charge on any atom is -0.452 e. The summed E-state index contributed by atoms with van der Waals surface area (Å²) in [6.07, 6.45) is 0.735. The van der Waals surface area contributed by atoms with Gasteiger partial charge in [0.05, 0.1) is 5.56 Å². The Morgan fingerprint density at radius 1 is 1.36 bits per heavy atom. The molecule has 0 aliphatic carbocycles. The highest BCUT2D eigenvalue weighted by molar-refractivity contribution is 9.10. The van der Waals surface area contributed by atoms with Gasteiger partial charge in [0.2, 0.25) is 0 Å². The lowest BCUT2D eigenvalue weighted by molar-refractivity contribution is -0.123. The quantitative estimate of drug-likeness (QED) is 0.539. The molecule has 0 spiro atoms. The smallest absolute Gasteiger partial charge is 0.340 e. The summed E-state index contributed by atoms with van der Waals surface area (Å²) in [7, 11) is 0. The first-order valence-corrected chi connectivity index (χ1v) is 7.45. The number of nitrogens with one attached hydrogen (secondary N) is 2. The second-order valence-corrected chi connectivity index (χ2v) is 5.55. The number of urea groups is 1. The first-order valence-electron chi connectivity index (χ1n) is 6.66. The number of ether oxygens (including phenoxy) is 1. The number of nitrogen functional groups attached to an aromatic ring is 1. The van der Waals surface area contributed by atoms with Gasteiger partial charge in [-0.15, -0.1) is 0 Å². The van der Waals surface area contributed by atoms with Gasteiger partial charge in [0.15, 0.2) is 6.61 Å². The fourth-order valence-electron chi connectivity index (χ4n) is 1.44. The first-order chi connectivity index (χ1) is 10.3. The summed E-state index contributed by atoms with van der Waals surface area (Å²) in [5.41, 5.74) is 6.04. The van der Waals surface area contributed by atoms with Gasteiger partial charge in [-0.25, -0.2) is 9.59 Å². The largest absolute Gasteiger partial charge is 0.452 e. The lowest BCUT2D eigenvalue weighted by atomic mass is 10.2. The fraction of sp³-hybridized carbons (Fsp3) is 0.357. The zero-order chi connectivity index (χ0) is 16.7. The van der Waals surface area contributed by atoms with Crippen LogP contribution in [0.1, 0.15) is 30.6 Å². The molecule has 1 rings (SSSR count). The first kappa shape index (κ1) is 18.0. The van der Waals surface area contributed by atoms with Crippen LogP contribution in [0.15, 0.2) is 22.7 Å². The molecule has 0 aromatic heterocycles. The molecular formula is C14H18BrN3O4. The molecule has 1 aromatic carbocycles. The van der Waals surface area contributed by atoms with Crippen molar-refractivity contribution < 1.29 is 19.1 Å². The average molecular weight is 372 g/mol. The predicted octanol–water partition coefficient (Wildman–Crippen LogP) is 1.81. The number of carbonyl (C=O) groups excluding carboxylic acids is 3. The van der Waals surface area contributed by atoms with Gasteiger partial charge in [-0.1, -0.05) is 22.9 Å². The summed E-state index contributed by atoms with van der Waals surface area (Å²) >= 11 is 3.21. The van der Waals surface area contributed by atoms with Gasteiger partial charge >= 0.3 is 12.0 Å². The summed E-state index contributed by atoms with van der Waals surface area (Å²) in [6.45, 7) is 3.13. The number of hydrogen-bond acceptors (Lipinski definition) is 5. The molecule has 3 amide bonds. The van der Waals surface area contributed by atoms with Crippen LogP contribution >= 0.6 is 15.9 Å². The van der Waals surface area contributed by atoms with E-state index in [2.05, 4.69) is 26.6 Å². The molecule has 4 N–H and O–H groups in total. The number of nitrogens with two attached hydrogens (primary N) is 1. The Labute approximate surface area is 136 Å². The number of hydrogen-bond donors (Lipinski definition) is 3. The molecule has 120 valence electrons. The van der Waals surface area contributed by atoms with E-state index in [9.17, 15) is 14.4 Å². The highest BCUT2D eigenvalue weighted by Crippen LogP contribution is 2.19. The van der Waals surface area contributed by atoms with Crippen molar-refractivity contribution in [1.29, 1.82) is 0 Å². The van der Waals surface area contributed by atoms with E-state index in [0.29, 0.717) is 4.47 Å². The van der Waals surface area contributed by atoms with Gasteiger partial charge in [-0.2, -0.15) is 0 Å². The van der Waals surface area contributed by atoms with Gasteiger partial charge in [0, 0.05) is 16.2 Å². The summed E-state index contributed by atoms with van der Waals surface area (Å²) in [6, 6.07) is 4.03. The van der Waals surface area contributed by atoms with E-state index < -0.39 is 24.5 Å². The second kappa shape index (κ2) is 8.38. The molecule has 0 saturated carbocycles. The lowest BCUT2D eigenvalue weighted by Crippen LogP contribution is -2.44. The molecule has 7 nitrogen and oxygen atoms in total.